The first-order valence-corrected chi connectivity index (χ1v) is 7.04. The molecule has 0 aliphatic rings. The quantitative estimate of drug-likeness (QED) is 0.220. The molecule has 2 N–H and O–H groups in total. The fraction of sp³-hybridized carbons (Fsp3) is 0.400. The summed E-state index contributed by atoms with van der Waals surface area (Å²) in [7, 11) is -5.17. The molecule has 0 unspecified atom stereocenters. The molecule has 0 spiro atoms. The average molecular weight is 435 g/mol. The molecular weight excluding hydrogens is 421 g/mol. The number of benzene rings is 1. The Labute approximate surface area is 132 Å². The third-order valence-corrected chi connectivity index (χ3v) is 2.80. The van der Waals surface area contributed by atoms with Crippen molar-refractivity contribution < 1.29 is 34.6 Å². The van der Waals surface area contributed by atoms with Gasteiger partial charge in [-0.05, 0) is 45.7 Å². The van der Waals surface area contributed by atoms with Gasteiger partial charge in [0.05, 0.1) is 0 Å². The maximum Gasteiger partial charge on any atom is 2.00 e. The van der Waals surface area contributed by atoms with Crippen LogP contribution in [0.15, 0.2) is 18.2 Å². The molecule has 0 amide bonds. The molecule has 0 bridgehead atoms. The maximum absolute atomic E-state index is 8.52. The number of nitrogens with two attached hydrogens (primary N) is 1. The molecule has 8 heteroatoms. The van der Waals surface area contributed by atoms with E-state index >= 15 is 0 Å². The summed E-state index contributed by atoms with van der Waals surface area (Å²) in [5, 5.41) is 0. The van der Waals surface area contributed by atoms with Gasteiger partial charge >= 0.3 is 17.1 Å². The predicted molar refractivity (Wildman–Crippen MR) is 72.7 cm³/mol. The molecule has 0 saturated heterocycles. The van der Waals surface area contributed by atoms with E-state index in [1.165, 1.54) is 5.56 Å². The molecule has 0 atom stereocenters. The second-order valence-corrected chi connectivity index (χ2v) is 6.37. The summed E-state index contributed by atoms with van der Waals surface area (Å²) in [5.41, 5.74) is 8.14. The van der Waals surface area contributed by atoms with Gasteiger partial charge in [-0.1, -0.05) is 26.8 Å². The zero-order chi connectivity index (χ0) is 13.9. The molecule has 107 valence electrons. The molecule has 1 aromatic carbocycles. The third-order valence-electron chi connectivity index (χ3n) is 1.87. The maximum atomic E-state index is 8.52. The van der Waals surface area contributed by atoms with Crippen molar-refractivity contribution in [1.82, 2.24) is 0 Å². The van der Waals surface area contributed by atoms with Crippen LogP contribution < -0.4 is 5.73 Å². The molecule has 0 fully saturated rings. The number of halogens is 1. The summed E-state index contributed by atoms with van der Waals surface area (Å²) in [5.74, 6) is 0. The van der Waals surface area contributed by atoms with Crippen molar-refractivity contribution >= 4 is 38.7 Å². The smallest absolute Gasteiger partial charge is 0.759 e. The molecule has 1 radical (unpaired) electrons. The van der Waals surface area contributed by atoms with Crippen molar-refractivity contribution in [3.05, 3.63) is 27.3 Å². The van der Waals surface area contributed by atoms with Gasteiger partial charge in [0.25, 0.3) is 0 Å². The fourth-order valence-corrected chi connectivity index (χ4v) is 1.51. The van der Waals surface area contributed by atoms with E-state index in [2.05, 4.69) is 55.5 Å². The summed E-state index contributed by atoms with van der Waals surface area (Å²) in [6.45, 7) is 6.61. The number of nitrogen functional groups attached to an aromatic ring is 1. The van der Waals surface area contributed by atoms with E-state index in [0.29, 0.717) is 0 Å². The fourth-order valence-electron chi connectivity index (χ4n) is 0.994. The predicted octanol–water partition coefficient (Wildman–Crippen LogP) is 1.83. The van der Waals surface area contributed by atoms with Gasteiger partial charge < -0.3 is 14.8 Å². The Balaban J connectivity index is 0. The van der Waals surface area contributed by atoms with E-state index in [1.807, 2.05) is 6.07 Å². The molecule has 1 aromatic rings. The van der Waals surface area contributed by atoms with Crippen LogP contribution in [0.25, 0.3) is 0 Å². The molecule has 5 nitrogen and oxygen atoms in total. The summed E-state index contributed by atoms with van der Waals surface area (Å²) >= 11 is 2.26. The van der Waals surface area contributed by atoms with Crippen LogP contribution in [-0.4, -0.2) is 17.5 Å². The standard InChI is InChI=1S/C10H14IN.Cu.H2O4S/c1-10(2,3)7-4-5-9(12)8(11)6-7;;1-5(2,3)4/h4-6H,12H2,1-3H3;;(H2,1,2,3,4)/q;+2;/p-2. The van der Waals surface area contributed by atoms with E-state index in [-0.39, 0.29) is 22.5 Å². The van der Waals surface area contributed by atoms with E-state index < -0.39 is 10.4 Å². The molecular formula is C10H14CuINO4S. The van der Waals surface area contributed by atoms with Gasteiger partial charge in [-0.3, -0.25) is 8.42 Å². The molecule has 0 aliphatic heterocycles. The van der Waals surface area contributed by atoms with Crippen molar-refractivity contribution in [3.8, 4) is 0 Å². The van der Waals surface area contributed by atoms with Crippen LogP contribution in [0.5, 0.6) is 0 Å². The van der Waals surface area contributed by atoms with Crippen molar-refractivity contribution in [2.45, 2.75) is 26.2 Å². The van der Waals surface area contributed by atoms with Gasteiger partial charge in [-0.15, -0.1) is 0 Å². The topological polar surface area (TPSA) is 106 Å². The van der Waals surface area contributed by atoms with Gasteiger partial charge in [-0.25, -0.2) is 0 Å². The van der Waals surface area contributed by atoms with Crippen LogP contribution >= 0.6 is 22.6 Å². The second-order valence-electron chi connectivity index (χ2n) is 4.39. The SMILES string of the molecule is CC(C)(C)c1ccc(N)c(I)c1.O=S(=O)([O-])[O-].[Cu+2]. The Morgan fingerprint density at radius 2 is 1.61 bits per heavy atom. The van der Waals surface area contributed by atoms with Gasteiger partial charge in [0, 0.05) is 19.7 Å². The summed E-state index contributed by atoms with van der Waals surface area (Å²) < 4.78 is 35.2. The summed E-state index contributed by atoms with van der Waals surface area (Å²) in [6, 6.07) is 6.22. The Hall–Kier alpha value is 0.139. The van der Waals surface area contributed by atoms with Gasteiger partial charge in [-0.2, -0.15) is 0 Å². The van der Waals surface area contributed by atoms with E-state index in [9.17, 15) is 0 Å². The normalized spacial score (nSPS) is 11.0. The molecule has 0 saturated carbocycles. The summed E-state index contributed by atoms with van der Waals surface area (Å²) in [6.07, 6.45) is 0. The molecule has 0 aromatic heterocycles. The number of anilines is 1. The van der Waals surface area contributed by atoms with Crippen LogP contribution in [0.3, 0.4) is 0 Å². The number of hydrogen-bond acceptors (Lipinski definition) is 5. The Bertz CT molecular complexity index is 477. The van der Waals surface area contributed by atoms with Crippen LogP contribution in [0.2, 0.25) is 0 Å². The summed E-state index contributed by atoms with van der Waals surface area (Å²) in [4.78, 5) is 0. The van der Waals surface area contributed by atoms with E-state index in [1.54, 1.807) is 0 Å². The first-order valence-electron chi connectivity index (χ1n) is 4.63. The van der Waals surface area contributed by atoms with Crippen LogP contribution in [0, 0.1) is 3.57 Å². The first kappa shape index (κ1) is 20.5. The second kappa shape index (κ2) is 7.66. The molecule has 18 heavy (non-hydrogen) atoms. The van der Waals surface area contributed by atoms with Crippen molar-refractivity contribution in [3.63, 3.8) is 0 Å². The number of hydrogen-bond donors (Lipinski definition) is 1. The van der Waals surface area contributed by atoms with Crippen molar-refractivity contribution in [1.29, 1.82) is 0 Å². The number of rotatable bonds is 0. The van der Waals surface area contributed by atoms with E-state index in [4.69, 9.17) is 23.3 Å². The minimum Gasteiger partial charge on any atom is -0.759 e. The van der Waals surface area contributed by atoms with Gasteiger partial charge in [0.1, 0.15) is 0 Å². The largest absolute Gasteiger partial charge is 2.00 e. The monoisotopic (exact) mass is 434 g/mol. The Kier molecular flexibility index (Phi) is 8.71. The van der Waals surface area contributed by atoms with E-state index in [0.717, 1.165) is 9.26 Å². The van der Waals surface area contributed by atoms with Gasteiger partial charge in [0.2, 0.25) is 0 Å². The minimum absolute atomic E-state index is 0. The minimum atomic E-state index is -5.17. The molecule has 0 aliphatic carbocycles. The van der Waals surface area contributed by atoms with Crippen molar-refractivity contribution in [2.75, 3.05) is 5.73 Å². The zero-order valence-corrected chi connectivity index (χ0v) is 13.9. The van der Waals surface area contributed by atoms with Crippen molar-refractivity contribution in [2.24, 2.45) is 0 Å². The first-order chi connectivity index (χ1) is 7.41. The Morgan fingerprint density at radius 3 is 1.89 bits per heavy atom. The zero-order valence-electron chi connectivity index (χ0n) is 10.0. The Morgan fingerprint density at radius 1 is 1.22 bits per heavy atom. The third kappa shape index (κ3) is 10.1. The average Bonchev–Trinajstić information content (AvgIpc) is 2.04. The molecule has 0 heterocycles. The molecule has 1 rings (SSSR count). The van der Waals surface area contributed by atoms with Crippen LogP contribution in [-0.2, 0) is 32.9 Å². The van der Waals surface area contributed by atoms with Crippen LogP contribution in [0.1, 0.15) is 26.3 Å². The van der Waals surface area contributed by atoms with Crippen LogP contribution in [0.4, 0.5) is 5.69 Å². The van der Waals surface area contributed by atoms with Gasteiger partial charge in [0.15, 0.2) is 0 Å².